The summed E-state index contributed by atoms with van der Waals surface area (Å²) in [5.41, 5.74) is 1.92. The molecule has 0 aromatic rings. The van der Waals surface area contributed by atoms with E-state index >= 15 is 0 Å². The summed E-state index contributed by atoms with van der Waals surface area (Å²) in [4.78, 5) is 2.49. The first-order valence-electron chi connectivity index (χ1n) is 6.70. The van der Waals surface area contributed by atoms with Crippen LogP contribution >= 0.6 is 0 Å². The molecule has 2 rings (SSSR count). The maximum atomic E-state index is 2.49. The number of allylic oxidation sites excluding steroid dienone is 3. The van der Waals surface area contributed by atoms with Gasteiger partial charge in [0.15, 0.2) is 0 Å². The fourth-order valence-electron chi connectivity index (χ4n) is 2.77. The Hall–Kier alpha value is -0.720. The van der Waals surface area contributed by atoms with Gasteiger partial charge >= 0.3 is 0 Å². The van der Waals surface area contributed by atoms with Crippen molar-refractivity contribution in [1.29, 1.82) is 0 Å². The highest BCUT2D eigenvalue weighted by molar-refractivity contribution is 5.21. The van der Waals surface area contributed by atoms with Gasteiger partial charge in [-0.2, -0.15) is 0 Å². The smallest absolute Gasteiger partial charge is 0.0172 e. The second-order valence-corrected chi connectivity index (χ2v) is 5.89. The highest BCUT2D eigenvalue weighted by Gasteiger charge is 2.33. The van der Waals surface area contributed by atoms with Crippen molar-refractivity contribution in [2.45, 2.75) is 46.5 Å². The predicted molar refractivity (Wildman–Crippen MR) is 70.2 cm³/mol. The molecule has 1 aliphatic heterocycles. The molecule has 2 aliphatic rings. The van der Waals surface area contributed by atoms with Crippen LogP contribution in [0, 0.1) is 11.3 Å². The summed E-state index contributed by atoms with van der Waals surface area (Å²) in [6.07, 6.45) is 12.6. The van der Waals surface area contributed by atoms with Crippen LogP contribution in [0.3, 0.4) is 0 Å². The molecule has 1 fully saturated rings. The molecule has 1 nitrogen and oxygen atoms in total. The molecule has 0 saturated carbocycles. The zero-order valence-corrected chi connectivity index (χ0v) is 11.0. The van der Waals surface area contributed by atoms with Crippen molar-refractivity contribution in [2.24, 2.45) is 11.3 Å². The lowest BCUT2D eigenvalue weighted by Gasteiger charge is -2.29. The first kappa shape index (κ1) is 11.8. The zero-order chi connectivity index (χ0) is 11.6. The van der Waals surface area contributed by atoms with Crippen LogP contribution in [0.25, 0.3) is 0 Å². The molecule has 1 atom stereocenters. The van der Waals surface area contributed by atoms with Gasteiger partial charge in [-0.25, -0.2) is 0 Å². The number of rotatable bonds is 2. The quantitative estimate of drug-likeness (QED) is 0.635. The van der Waals surface area contributed by atoms with Gasteiger partial charge in [-0.3, -0.25) is 0 Å². The molecule has 0 aromatic carbocycles. The highest BCUT2D eigenvalue weighted by atomic mass is 15.1. The number of hydrogen-bond acceptors (Lipinski definition) is 1. The van der Waals surface area contributed by atoms with E-state index < -0.39 is 0 Å². The van der Waals surface area contributed by atoms with Gasteiger partial charge in [-0.05, 0) is 50.1 Å². The minimum Gasteiger partial charge on any atom is -0.378 e. The lowest BCUT2D eigenvalue weighted by Crippen LogP contribution is -2.25. The largest absolute Gasteiger partial charge is 0.378 e. The molecule has 0 amide bonds. The highest BCUT2D eigenvalue weighted by Crippen LogP contribution is 2.43. The Balaban J connectivity index is 1.92. The zero-order valence-electron chi connectivity index (χ0n) is 11.0. The van der Waals surface area contributed by atoms with Crippen LogP contribution < -0.4 is 0 Å². The lowest BCUT2D eigenvalue weighted by atomic mass is 9.78. The van der Waals surface area contributed by atoms with E-state index in [9.17, 15) is 0 Å². The van der Waals surface area contributed by atoms with Crippen LogP contribution in [0.4, 0.5) is 0 Å². The summed E-state index contributed by atoms with van der Waals surface area (Å²) in [6.45, 7) is 9.54. The molecule has 0 unspecified atom stereocenters. The minimum absolute atomic E-state index is 0.367. The van der Waals surface area contributed by atoms with Gasteiger partial charge in [-0.1, -0.05) is 31.6 Å². The fraction of sp³-hybridized carbons (Fsp3) is 0.733. The van der Waals surface area contributed by atoms with Crippen LogP contribution in [0.5, 0.6) is 0 Å². The van der Waals surface area contributed by atoms with Crippen molar-refractivity contribution in [1.82, 2.24) is 4.90 Å². The third-order valence-corrected chi connectivity index (χ3v) is 4.54. The Labute approximate surface area is 100 Å². The summed E-state index contributed by atoms with van der Waals surface area (Å²) in [5, 5.41) is 0. The normalized spacial score (nSPS) is 29.8. The van der Waals surface area contributed by atoms with Crippen molar-refractivity contribution in [3.63, 3.8) is 0 Å². The molecule has 16 heavy (non-hydrogen) atoms. The average Bonchev–Trinajstić information content (AvgIpc) is 2.53. The van der Waals surface area contributed by atoms with Crippen LogP contribution in [0.1, 0.15) is 46.5 Å². The van der Waals surface area contributed by atoms with Gasteiger partial charge in [-0.15, -0.1) is 0 Å². The van der Waals surface area contributed by atoms with E-state index in [-0.39, 0.29) is 0 Å². The number of hydrogen-bond donors (Lipinski definition) is 0. The molecule has 1 saturated heterocycles. The van der Waals surface area contributed by atoms with Crippen molar-refractivity contribution in [3.8, 4) is 0 Å². The molecule has 0 bridgehead atoms. The van der Waals surface area contributed by atoms with Crippen LogP contribution in [0.2, 0.25) is 0 Å². The van der Waals surface area contributed by atoms with E-state index in [1.807, 2.05) is 0 Å². The summed E-state index contributed by atoms with van der Waals surface area (Å²) in [7, 11) is 0. The van der Waals surface area contributed by atoms with Gasteiger partial charge in [0, 0.05) is 13.1 Å². The summed E-state index contributed by atoms with van der Waals surface area (Å²) in [5.74, 6) is 0.703. The Bertz CT molecular complexity index is 293. The van der Waals surface area contributed by atoms with Crippen molar-refractivity contribution >= 4 is 0 Å². The molecule has 1 heterocycles. The van der Waals surface area contributed by atoms with Crippen LogP contribution in [-0.4, -0.2) is 18.0 Å². The molecule has 0 N–H and O–H groups in total. The van der Waals surface area contributed by atoms with Crippen molar-refractivity contribution in [2.75, 3.05) is 13.1 Å². The first-order valence-corrected chi connectivity index (χ1v) is 6.70. The van der Waals surface area contributed by atoms with Gasteiger partial charge in [0.2, 0.25) is 0 Å². The molecule has 0 aromatic heterocycles. The van der Waals surface area contributed by atoms with E-state index in [1.54, 1.807) is 5.57 Å². The van der Waals surface area contributed by atoms with Gasteiger partial charge in [0.1, 0.15) is 0 Å². The summed E-state index contributed by atoms with van der Waals surface area (Å²) in [6, 6.07) is 0. The molecule has 0 spiro atoms. The Morgan fingerprint density at radius 3 is 2.50 bits per heavy atom. The summed E-state index contributed by atoms with van der Waals surface area (Å²) >= 11 is 0. The lowest BCUT2D eigenvalue weighted by molar-refractivity contribution is 0.299. The molecule has 1 aliphatic carbocycles. The van der Waals surface area contributed by atoms with E-state index in [2.05, 4.69) is 44.0 Å². The topological polar surface area (TPSA) is 3.24 Å². The number of piperidine rings is 1. The number of nitrogens with zero attached hydrogens (tertiary/aromatic N) is 1. The van der Waals surface area contributed by atoms with Crippen LogP contribution in [-0.2, 0) is 0 Å². The van der Waals surface area contributed by atoms with E-state index in [0.29, 0.717) is 11.3 Å². The fourth-order valence-corrected chi connectivity index (χ4v) is 2.77. The van der Waals surface area contributed by atoms with Gasteiger partial charge in [0.05, 0.1) is 0 Å². The van der Waals surface area contributed by atoms with Gasteiger partial charge in [0.25, 0.3) is 0 Å². The minimum atomic E-state index is 0.367. The Kier molecular flexibility index (Phi) is 3.41. The number of likely N-dealkylation sites (tertiary alicyclic amines) is 1. The Morgan fingerprint density at radius 2 is 1.94 bits per heavy atom. The van der Waals surface area contributed by atoms with E-state index in [1.165, 1.54) is 38.8 Å². The second kappa shape index (κ2) is 4.65. The maximum absolute atomic E-state index is 2.49. The van der Waals surface area contributed by atoms with E-state index in [4.69, 9.17) is 0 Å². The van der Waals surface area contributed by atoms with Crippen molar-refractivity contribution < 1.29 is 0 Å². The third-order valence-electron chi connectivity index (χ3n) is 4.54. The molecule has 0 radical (unpaired) electrons. The average molecular weight is 219 g/mol. The predicted octanol–water partition coefficient (Wildman–Crippen LogP) is 3.98. The van der Waals surface area contributed by atoms with E-state index in [0.717, 1.165) is 0 Å². The SMILES string of the molecule is CC1=CC[C@@H](C=CN2CCCCC2)C1(C)C. The van der Waals surface area contributed by atoms with Gasteiger partial charge < -0.3 is 4.90 Å². The van der Waals surface area contributed by atoms with Crippen LogP contribution in [0.15, 0.2) is 23.9 Å². The monoisotopic (exact) mass is 219 g/mol. The Morgan fingerprint density at radius 1 is 1.25 bits per heavy atom. The second-order valence-electron chi connectivity index (χ2n) is 5.89. The molecule has 1 heteroatoms. The molecule has 90 valence electrons. The first-order chi connectivity index (χ1) is 7.60. The standard InChI is InChI=1S/C15H25N/c1-13-7-8-14(15(13,2)3)9-12-16-10-5-4-6-11-16/h7,9,12,14H,4-6,8,10-11H2,1-3H3/t14-/m0/s1. The molecular weight excluding hydrogens is 194 g/mol. The maximum Gasteiger partial charge on any atom is 0.0172 e. The summed E-state index contributed by atoms with van der Waals surface area (Å²) < 4.78 is 0. The third kappa shape index (κ3) is 2.34. The van der Waals surface area contributed by atoms with Crippen molar-refractivity contribution in [3.05, 3.63) is 23.9 Å². The molecular formula is C15H25N.